The molecule has 1 aromatic heterocycles. The second-order valence-corrected chi connectivity index (χ2v) is 4.23. The number of rotatable bonds is 1. The van der Waals surface area contributed by atoms with Gasteiger partial charge in [-0.25, -0.2) is 4.98 Å². The van der Waals surface area contributed by atoms with Crippen molar-refractivity contribution < 1.29 is 0 Å². The molecular formula is C12H10BrN. The number of aromatic nitrogens is 1. The molecule has 0 spiro atoms. The van der Waals surface area contributed by atoms with E-state index in [1.165, 1.54) is 0 Å². The molecule has 2 heteroatoms. The van der Waals surface area contributed by atoms with E-state index in [0.29, 0.717) is 0 Å². The van der Waals surface area contributed by atoms with Crippen molar-refractivity contribution in [3.63, 3.8) is 0 Å². The van der Waals surface area contributed by atoms with Crippen LogP contribution in [0.2, 0.25) is 0 Å². The summed E-state index contributed by atoms with van der Waals surface area (Å²) >= 11 is 3.43. The summed E-state index contributed by atoms with van der Waals surface area (Å²) in [7, 11) is 0. The van der Waals surface area contributed by atoms with Gasteiger partial charge in [-0.1, -0.05) is 34.6 Å². The number of hydrogen-bond donors (Lipinski definition) is 0. The Kier molecular flexibility index (Phi) is 2.38. The molecule has 70 valence electrons. The highest BCUT2D eigenvalue weighted by molar-refractivity contribution is 9.10. The minimum Gasteiger partial charge on any atom is -0.248 e. The molecular weight excluding hydrogens is 238 g/mol. The van der Waals surface area contributed by atoms with Gasteiger partial charge in [0.25, 0.3) is 0 Å². The number of halogens is 1. The Morgan fingerprint density at radius 3 is 2.71 bits per heavy atom. The average Bonchev–Trinajstić information content (AvgIpc) is 2.16. The third-order valence-electron chi connectivity index (χ3n) is 2.09. The van der Waals surface area contributed by atoms with Crippen molar-refractivity contribution in [1.82, 2.24) is 4.98 Å². The molecule has 0 amide bonds. The predicted molar refractivity (Wildman–Crippen MR) is 64.2 cm³/mol. The largest absolute Gasteiger partial charge is 0.248 e. The molecule has 2 rings (SSSR count). The molecule has 0 fully saturated rings. The Bertz CT molecular complexity index is 503. The Balaban J connectivity index is 2.69. The smallest absolute Gasteiger partial charge is 0.0720 e. The number of fused-ring (bicyclic) bond motifs is 1. The van der Waals surface area contributed by atoms with E-state index in [-0.39, 0.29) is 0 Å². The quantitative estimate of drug-likeness (QED) is 0.742. The lowest BCUT2D eigenvalue weighted by Crippen LogP contribution is -1.86. The van der Waals surface area contributed by atoms with Gasteiger partial charge in [0.1, 0.15) is 0 Å². The normalized spacial score (nSPS) is 10.4. The van der Waals surface area contributed by atoms with Crippen molar-refractivity contribution in [2.45, 2.75) is 6.92 Å². The third-order valence-corrected chi connectivity index (χ3v) is 2.58. The number of pyridine rings is 1. The van der Waals surface area contributed by atoms with E-state index in [2.05, 4.69) is 39.6 Å². The van der Waals surface area contributed by atoms with Crippen LogP contribution < -0.4 is 0 Å². The predicted octanol–water partition coefficient (Wildman–Crippen LogP) is 4.03. The molecule has 14 heavy (non-hydrogen) atoms. The van der Waals surface area contributed by atoms with Gasteiger partial charge in [-0.3, -0.25) is 0 Å². The summed E-state index contributed by atoms with van der Waals surface area (Å²) in [5, 5.41) is 1.15. The first-order chi connectivity index (χ1) is 6.66. The van der Waals surface area contributed by atoms with Gasteiger partial charge in [-0.2, -0.15) is 0 Å². The van der Waals surface area contributed by atoms with Crippen molar-refractivity contribution in [2.75, 3.05) is 0 Å². The molecule has 0 aliphatic rings. The van der Waals surface area contributed by atoms with Crippen LogP contribution in [0.3, 0.4) is 0 Å². The fourth-order valence-corrected chi connectivity index (χ4v) is 1.68. The lowest BCUT2D eigenvalue weighted by atomic mass is 10.1. The van der Waals surface area contributed by atoms with Gasteiger partial charge >= 0.3 is 0 Å². The fourth-order valence-electron chi connectivity index (χ4n) is 1.33. The summed E-state index contributed by atoms with van der Waals surface area (Å²) in [4.78, 5) is 4.51. The maximum absolute atomic E-state index is 4.51. The summed E-state index contributed by atoms with van der Waals surface area (Å²) in [5.74, 6) is 0. The van der Waals surface area contributed by atoms with Crippen LogP contribution >= 0.6 is 15.9 Å². The van der Waals surface area contributed by atoms with Gasteiger partial charge in [0.15, 0.2) is 0 Å². The van der Waals surface area contributed by atoms with Crippen molar-refractivity contribution in [3.8, 4) is 0 Å². The first kappa shape index (κ1) is 9.41. The number of nitrogens with zero attached hydrogens (tertiary/aromatic N) is 1. The first-order valence-corrected chi connectivity index (χ1v) is 5.18. The maximum atomic E-state index is 4.51. The van der Waals surface area contributed by atoms with E-state index in [1.54, 1.807) is 0 Å². The van der Waals surface area contributed by atoms with Crippen molar-refractivity contribution >= 4 is 32.4 Å². The maximum Gasteiger partial charge on any atom is 0.0720 e. The molecule has 0 bridgehead atoms. The Morgan fingerprint density at radius 2 is 2.00 bits per heavy atom. The lowest BCUT2D eigenvalue weighted by molar-refractivity contribution is 1.33. The molecule has 2 aromatic rings. The standard InChI is InChI=1S/C12H10BrN/c1-8(2)11-6-4-9-3-5-10(13)7-12(9)14-11/h3-7H,1H2,2H3. The fraction of sp³-hybridized carbons (Fsp3) is 0.0833. The van der Waals surface area contributed by atoms with Crippen LogP contribution in [0.1, 0.15) is 12.6 Å². The van der Waals surface area contributed by atoms with E-state index in [0.717, 1.165) is 26.6 Å². The van der Waals surface area contributed by atoms with Gasteiger partial charge in [0.05, 0.1) is 11.2 Å². The zero-order valence-corrected chi connectivity index (χ0v) is 9.51. The monoisotopic (exact) mass is 247 g/mol. The molecule has 0 unspecified atom stereocenters. The van der Waals surface area contributed by atoms with E-state index >= 15 is 0 Å². The van der Waals surface area contributed by atoms with E-state index in [9.17, 15) is 0 Å². The SMILES string of the molecule is C=C(C)c1ccc2ccc(Br)cc2n1. The molecule has 1 heterocycles. The lowest BCUT2D eigenvalue weighted by Gasteiger charge is -2.02. The van der Waals surface area contributed by atoms with Crippen LogP contribution in [0.15, 0.2) is 41.4 Å². The topological polar surface area (TPSA) is 12.9 Å². The van der Waals surface area contributed by atoms with Crippen LogP contribution in [-0.4, -0.2) is 4.98 Å². The molecule has 0 radical (unpaired) electrons. The van der Waals surface area contributed by atoms with Crippen molar-refractivity contribution in [3.05, 3.63) is 47.1 Å². The van der Waals surface area contributed by atoms with Gasteiger partial charge in [0, 0.05) is 9.86 Å². The van der Waals surface area contributed by atoms with E-state index < -0.39 is 0 Å². The zero-order valence-electron chi connectivity index (χ0n) is 7.92. The number of hydrogen-bond acceptors (Lipinski definition) is 1. The van der Waals surface area contributed by atoms with Crippen LogP contribution in [-0.2, 0) is 0 Å². The summed E-state index contributed by atoms with van der Waals surface area (Å²) in [6.07, 6.45) is 0. The highest BCUT2D eigenvalue weighted by atomic mass is 79.9. The Labute approximate surface area is 91.6 Å². The Morgan fingerprint density at radius 1 is 1.29 bits per heavy atom. The van der Waals surface area contributed by atoms with Crippen LogP contribution in [0.25, 0.3) is 16.5 Å². The van der Waals surface area contributed by atoms with E-state index in [1.807, 2.05) is 25.1 Å². The second kappa shape index (κ2) is 3.54. The molecule has 0 saturated carbocycles. The summed E-state index contributed by atoms with van der Waals surface area (Å²) < 4.78 is 1.05. The van der Waals surface area contributed by atoms with Gasteiger partial charge in [-0.05, 0) is 30.7 Å². The molecule has 1 nitrogen and oxygen atoms in total. The molecule has 0 aliphatic carbocycles. The molecule has 0 N–H and O–H groups in total. The third kappa shape index (κ3) is 1.70. The average molecular weight is 248 g/mol. The first-order valence-electron chi connectivity index (χ1n) is 4.39. The minimum atomic E-state index is 0.954. The molecule has 0 aliphatic heterocycles. The summed E-state index contributed by atoms with van der Waals surface area (Å²) in [6.45, 7) is 5.84. The van der Waals surface area contributed by atoms with Crippen LogP contribution in [0.4, 0.5) is 0 Å². The zero-order chi connectivity index (χ0) is 10.1. The number of allylic oxidation sites excluding steroid dienone is 1. The molecule has 0 atom stereocenters. The van der Waals surface area contributed by atoms with Crippen molar-refractivity contribution in [2.24, 2.45) is 0 Å². The van der Waals surface area contributed by atoms with Crippen molar-refractivity contribution in [1.29, 1.82) is 0 Å². The van der Waals surface area contributed by atoms with Gasteiger partial charge < -0.3 is 0 Å². The molecule has 1 aromatic carbocycles. The van der Waals surface area contributed by atoms with Gasteiger partial charge in [0.2, 0.25) is 0 Å². The summed E-state index contributed by atoms with van der Waals surface area (Å²) in [5.41, 5.74) is 2.95. The molecule has 0 saturated heterocycles. The second-order valence-electron chi connectivity index (χ2n) is 3.31. The highest BCUT2D eigenvalue weighted by Crippen LogP contribution is 2.20. The highest BCUT2D eigenvalue weighted by Gasteiger charge is 1.99. The van der Waals surface area contributed by atoms with Crippen LogP contribution in [0, 0.1) is 0 Å². The van der Waals surface area contributed by atoms with Crippen LogP contribution in [0.5, 0.6) is 0 Å². The Hall–Kier alpha value is -1.15. The number of benzene rings is 1. The van der Waals surface area contributed by atoms with Gasteiger partial charge in [-0.15, -0.1) is 0 Å². The van der Waals surface area contributed by atoms with E-state index in [4.69, 9.17) is 0 Å². The summed E-state index contributed by atoms with van der Waals surface area (Å²) in [6, 6.07) is 10.2. The minimum absolute atomic E-state index is 0.954.